The maximum atomic E-state index is 14.1. The van der Waals surface area contributed by atoms with Gasteiger partial charge >= 0.3 is 5.97 Å². The lowest BCUT2D eigenvalue weighted by Crippen LogP contribution is -2.01. The molecular weight excluding hydrogens is 294 g/mol. The summed E-state index contributed by atoms with van der Waals surface area (Å²) >= 11 is 5.73. The normalized spacial score (nSPS) is 10.7. The van der Waals surface area contributed by atoms with E-state index in [1.807, 2.05) is 0 Å². The number of methoxy groups -OCH3 is 1. The standard InChI is InChI=1S/C12H9ClF2N2O3/c1-17-7(4-6(16-17)12(18)19)9-5(14)3-8(20-2)10(13)11(9)15/h3-4H,1-2H3,(H,18,19). The molecule has 0 bridgehead atoms. The molecule has 0 amide bonds. The summed E-state index contributed by atoms with van der Waals surface area (Å²) in [5.74, 6) is -3.41. The monoisotopic (exact) mass is 302 g/mol. The van der Waals surface area contributed by atoms with Crippen molar-refractivity contribution < 1.29 is 23.4 Å². The van der Waals surface area contributed by atoms with Gasteiger partial charge in [0.25, 0.3) is 0 Å². The number of aryl methyl sites for hydroxylation is 1. The molecule has 0 unspecified atom stereocenters. The number of ether oxygens (including phenoxy) is 1. The first kappa shape index (κ1) is 14.3. The van der Waals surface area contributed by atoms with Crippen molar-refractivity contribution in [1.82, 2.24) is 9.78 Å². The molecule has 0 aliphatic rings. The molecular formula is C12H9ClF2N2O3. The molecule has 5 nitrogen and oxygen atoms in total. The minimum Gasteiger partial charge on any atom is -0.495 e. The van der Waals surface area contributed by atoms with Gasteiger partial charge < -0.3 is 9.84 Å². The van der Waals surface area contributed by atoms with E-state index in [2.05, 4.69) is 5.10 Å². The molecule has 1 N–H and O–H groups in total. The lowest BCUT2D eigenvalue weighted by Gasteiger charge is -2.10. The van der Waals surface area contributed by atoms with Gasteiger partial charge in [0.2, 0.25) is 0 Å². The fourth-order valence-corrected chi connectivity index (χ4v) is 1.99. The second-order valence-corrected chi connectivity index (χ2v) is 4.29. The maximum absolute atomic E-state index is 14.1. The average molecular weight is 303 g/mol. The van der Waals surface area contributed by atoms with Gasteiger partial charge in [-0.05, 0) is 6.07 Å². The summed E-state index contributed by atoms with van der Waals surface area (Å²) in [6.45, 7) is 0. The Morgan fingerprint density at radius 3 is 2.60 bits per heavy atom. The lowest BCUT2D eigenvalue weighted by molar-refractivity contribution is 0.0689. The Morgan fingerprint density at radius 1 is 1.45 bits per heavy atom. The summed E-state index contributed by atoms with van der Waals surface area (Å²) < 4.78 is 33.9. The SMILES string of the molecule is COc1cc(F)c(-c2cc(C(=O)O)nn2C)c(F)c1Cl. The highest BCUT2D eigenvalue weighted by atomic mass is 35.5. The number of carboxylic acid groups (broad SMARTS) is 1. The quantitative estimate of drug-likeness (QED) is 0.885. The summed E-state index contributed by atoms with van der Waals surface area (Å²) in [5, 5.41) is 12.1. The molecule has 1 heterocycles. The predicted molar refractivity (Wildman–Crippen MR) is 67.1 cm³/mol. The van der Waals surface area contributed by atoms with Gasteiger partial charge in [-0.15, -0.1) is 0 Å². The minimum atomic E-state index is -1.30. The zero-order valence-corrected chi connectivity index (χ0v) is 11.2. The van der Waals surface area contributed by atoms with Crippen LogP contribution in [0.1, 0.15) is 10.5 Å². The van der Waals surface area contributed by atoms with Crippen LogP contribution in [0.25, 0.3) is 11.3 Å². The van der Waals surface area contributed by atoms with E-state index in [-0.39, 0.29) is 22.2 Å². The van der Waals surface area contributed by atoms with E-state index in [1.165, 1.54) is 14.2 Å². The van der Waals surface area contributed by atoms with Gasteiger partial charge in [0.05, 0.1) is 18.4 Å². The second kappa shape index (κ2) is 5.09. The number of nitrogens with zero attached hydrogens (tertiary/aromatic N) is 2. The van der Waals surface area contributed by atoms with Crippen LogP contribution in [0, 0.1) is 11.6 Å². The average Bonchev–Trinajstić information content (AvgIpc) is 2.76. The Balaban J connectivity index is 2.70. The highest BCUT2D eigenvalue weighted by Gasteiger charge is 2.23. The summed E-state index contributed by atoms with van der Waals surface area (Å²) in [6, 6.07) is 1.99. The van der Waals surface area contributed by atoms with Crippen LogP contribution >= 0.6 is 11.6 Å². The summed E-state index contributed by atoms with van der Waals surface area (Å²) in [7, 11) is 2.60. The van der Waals surface area contributed by atoms with Crippen molar-refractivity contribution in [2.24, 2.45) is 7.05 Å². The molecule has 2 rings (SSSR count). The van der Waals surface area contributed by atoms with E-state index < -0.39 is 23.2 Å². The highest BCUT2D eigenvalue weighted by molar-refractivity contribution is 6.32. The van der Waals surface area contributed by atoms with E-state index in [0.717, 1.165) is 16.8 Å². The van der Waals surface area contributed by atoms with E-state index in [0.29, 0.717) is 0 Å². The van der Waals surface area contributed by atoms with Crippen LogP contribution in [-0.4, -0.2) is 28.0 Å². The molecule has 2 aromatic rings. The molecule has 0 atom stereocenters. The molecule has 0 aliphatic carbocycles. The molecule has 20 heavy (non-hydrogen) atoms. The van der Waals surface area contributed by atoms with Crippen molar-refractivity contribution in [3.05, 3.63) is 34.5 Å². The van der Waals surface area contributed by atoms with Crippen LogP contribution in [0.15, 0.2) is 12.1 Å². The van der Waals surface area contributed by atoms with E-state index in [9.17, 15) is 13.6 Å². The van der Waals surface area contributed by atoms with Gasteiger partial charge in [0, 0.05) is 13.1 Å². The molecule has 1 aromatic carbocycles. The van der Waals surface area contributed by atoms with Crippen molar-refractivity contribution in [1.29, 1.82) is 0 Å². The first-order valence-electron chi connectivity index (χ1n) is 5.36. The maximum Gasteiger partial charge on any atom is 0.356 e. The fraction of sp³-hybridized carbons (Fsp3) is 0.167. The molecule has 0 spiro atoms. The Kier molecular flexibility index (Phi) is 3.63. The van der Waals surface area contributed by atoms with Crippen molar-refractivity contribution in [2.75, 3.05) is 7.11 Å². The smallest absolute Gasteiger partial charge is 0.356 e. The molecule has 1 aromatic heterocycles. The Labute approximate surface area is 117 Å². The molecule has 106 valence electrons. The van der Waals surface area contributed by atoms with Crippen LogP contribution in [-0.2, 0) is 7.05 Å². The number of rotatable bonds is 3. The van der Waals surface area contributed by atoms with Crippen molar-refractivity contribution in [3.63, 3.8) is 0 Å². The van der Waals surface area contributed by atoms with E-state index >= 15 is 0 Å². The second-order valence-electron chi connectivity index (χ2n) is 3.91. The number of aromatic nitrogens is 2. The van der Waals surface area contributed by atoms with Crippen LogP contribution < -0.4 is 4.74 Å². The molecule has 8 heteroatoms. The third-order valence-corrected chi connectivity index (χ3v) is 3.05. The van der Waals surface area contributed by atoms with Crippen LogP contribution in [0.3, 0.4) is 0 Å². The zero-order chi connectivity index (χ0) is 15.0. The third kappa shape index (κ3) is 2.20. The number of carboxylic acids is 1. The van der Waals surface area contributed by atoms with Gasteiger partial charge in [-0.1, -0.05) is 11.6 Å². The zero-order valence-electron chi connectivity index (χ0n) is 10.4. The van der Waals surface area contributed by atoms with Gasteiger partial charge in [-0.3, -0.25) is 4.68 Å². The topological polar surface area (TPSA) is 64.3 Å². The van der Waals surface area contributed by atoms with Crippen molar-refractivity contribution in [3.8, 4) is 17.0 Å². The van der Waals surface area contributed by atoms with Crippen molar-refractivity contribution in [2.45, 2.75) is 0 Å². The third-order valence-electron chi connectivity index (χ3n) is 2.70. The molecule has 0 fully saturated rings. The molecule has 0 aliphatic heterocycles. The number of halogens is 3. The largest absolute Gasteiger partial charge is 0.495 e. The van der Waals surface area contributed by atoms with Crippen LogP contribution in [0.5, 0.6) is 5.75 Å². The summed E-state index contributed by atoms with van der Waals surface area (Å²) in [4.78, 5) is 10.8. The number of carbonyl (C=O) groups is 1. The minimum absolute atomic E-state index is 0.0399. The van der Waals surface area contributed by atoms with Gasteiger partial charge in [-0.25, -0.2) is 13.6 Å². The number of hydrogen-bond acceptors (Lipinski definition) is 3. The van der Waals surface area contributed by atoms with Gasteiger partial charge in [0.15, 0.2) is 11.5 Å². The number of benzene rings is 1. The highest BCUT2D eigenvalue weighted by Crippen LogP contribution is 2.36. The first-order chi connectivity index (χ1) is 9.36. The lowest BCUT2D eigenvalue weighted by atomic mass is 10.1. The Bertz CT molecular complexity index is 700. The first-order valence-corrected chi connectivity index (χ1v) is 5.73. The summed E-state index contributed by atoms with van der Waals surface area (Å²) in [6.07, 6.45) is 0. The predicted octanol–water partition coefficient (Wildman–Crippen LogP) is 2.73. The van der Waals surface area contributed by atoms with Gasteiger partial charge in [0.1, 0.15) is 16.6 Å². The van der Waals surface area contributed by atoms with E-state index in [4.69, 9.17) is 21.4 Å². The molecule has 0 radical (unpaired) electrons. The number of aromatic carboxylic acids is 1. The fourth-order valence-electron chi connectivity index (χ4n) is 1.76. The van der Waals surface area contributed by atoms with Gasteiger partial charge in [-0.2, -0.15) is 5.10 Å². The van der Waals surface area contributed by atoms with Crippen LogP contribution in [0.4, 0.5) is 8.78 Å². The van der Waals surface area contributed by atoms with Crippen LogP contribution in [0.2, 0.25) is 5.02 Å². The number of hydrogen-bond donors (Lipinski definition) is 1. The van der Waals surface area contributed by atoms with Crippen molar-refractivity contribution >= 4 is 17.6 Å². The molecule has 0 saturated heterocycles. The van der Waals surface area contributed by atoms with E-state index in [1.54, 1.807) is 0 Å². The molecule has 0 saturated carbocycles. The Hall–Kier alpha value is -2.15. The Morgan fingerprint density at radius 2 is 2.10 bits per heavy atom. The summed E-state index contributed by atoms with van der Waals surface area (Å²) in [5.41, 5.74) is -0.825.